The Balaban J connectivity index is 1.17. The fourth-order valence-corrected chi connectivity index (χ4v) is 12.4. The molecule has 5 aliphatic rings. The van der Waals surface area contributed by atoms with Gasteiger partial charge in [-0.3, -0.25) is 0 Å². The lowest BCUT2D eigenvalue weighted by molar-refractivity contribution is -0.0393. The van der Waals surface area contributed by atoms with E-state index in [1.807, 2.05) is 0 Å². The van der Waals surface area contributed by atoms with Crippen LogP contribution in [-0.4, -0.2) is 0 Å². The Hall–Kier alpha value is -5.46. The second-order valence-corrected chi connectivity index (χ2v) is 16.4. The van der Waals surface area contributed by atoms with Gasteiger partial charge in [0.15, 0.2) is 0 Å². The van der Waals surface area contributed by atoms with Gasteiger partial charge in [-0.15, -0.1) is 0 Å². The van der Waals surface area contributed by atoms with Crippen molar-refractivity contribution < 1.29 is 0 Å². The maximum absolute atomic E-state index is 2.56. The molecule has 0 nitrogen and oxygen atoms in total. The molecular weight excluding hydrogens is 625 g/mol. The molecule has 248 valence electrons. The highest BCUT2D eigenvalue weighted by atomic mass is 14.6. The summed E-state index contributed by atoms with van der Waals surface area (Å²) in [7, 11) is 0. The SMILES string of the molecule is c1ccc(-c2cccc(-c3c4ccccc4c(-c4cccc5c4-c4ccc6ccccc6c4C54C5CC6CC(C5)CC4C6)c4ccccc34)c2)cc1. The van der Waals surface area contributed by atoms with Crippen LogP contribution < -0.4 is 0 Å². The van der Waals surface area contributed by atoms with Crippen LogP contribution in [0.15, 0.2) is 158 Å². The zero-order valence-corrected chi connectivity index (χ0v) is 29.4. The Kier molecular flexibility index (Phi) is 6.04. The summed E-state index contributed by atoms with van der Waals surface area (Å²) in [6, 6.07) is 60.0. The molecule has 0 unspecified atom stereocenters. The molecule has 4 saturated carbocycles. The van der Waals surface area contributed by atoms with Gasteiger partial charge in [0.25, 0.3) is 0 Å². The smallest absolute Gasteiger partial charge is 0.0278 e. The average molecular weight is 665 g/mol. The first-order valence-corrected chi connectivity index (χ1v) is 19.5. The third kappa shape index (κ3) is 3.83. The molecule has 0 radical (unpaired) electrons. The molecule has 8 aromatic carbocycles. The minimum absolute atomic E-state index is 0.0956. The van der Waals surface area contributed by atoms with Gasteiger partial charge in [0.1, 0.15) is 0 Å². The van der Waals surface area contributed by atoms with E-state index >= 15 is 0 Å². The summed E-state index contributed by atoms with van der Waals surface area (Å²) in [4.78, 5) is 0. The lowest BCUT2D eigenvalue weighted by Gasteiger charge is -2.61. The molecule has 0 aromatic heterocycles. The molecule has 0 amide bonds. The van der Waals surface area contributed by atoms with Crippen LogP contribution >= 0.6 is 0 Å². The van der Waals surface area contributed by atoms with Crippen molar-refractivity contribution in [3.05, 3.63) is 169 Å². The zero-order valence-electron chi connectivity index (χ0n) is 29.4. The summed E-state index contributed by atoms with van der Waals surface area (Å²) >= 11 is 0. The van der Waals surface area contributed by atoms with Crippen molar-refractivity contribution in [3.63, 3.8) is 0 Å². The molecule has 0 heteroatoms. The Labute approximate surface area is 305 Å². The van der Waals surface area contributed by atoms with Crippen molar-refractivity contribution in [2.45, 2.75) is 37.5 Å². The minimum Gasteiger partial charge on any atom is -0.0622 e. The van der Waals surface area contributed by atoms with Crippen LogP contribution in [0.4, 0.5) is 0 Å². The molecule has 0 aliphatic heterocycles. The van der Waals surface area contributed by atoms with E-state index in [1.165, 1.54) is 109 Å². The molecule has 0 heterocycles. The van der Waals surface area contributed by atoms with Gasteiger partial charge < -0.3 is 0 Å². The van der Waals surface area contributed by atoms with Crippen molar-refractivity contribution in [1.82, 2.24) is 0 Å². The molecule has 0 saturated heterocycles. The third-order valence-electron chi connectivity index (χ3n) is 14.0. The summed E-state index contributed by atoms with van der Waals surface area (Å²) in [6.45, 7) is 0. The van der Waals surface area contributed by atoms with Gasteiger partial charge in [-0.05, 0) is 150 Å². The highest BCUT2D eigenvalue weighted by molar-refractivity contribution is 6.23. The number of rotatable bonds is 3. The van der Waals surface area contributed by atoms with Crippen LogP contribution in [0.25, 0.3) is 76.8 Å². The molecule has 0 atom stereocenters. The Bertz CT molecular complexity index is 2660. The summed E-state index contributed by atoms with van der Waals surface area (Å²) in [5, 5.41) is 8.19. The lowest BCUT2D eigenvalue weighted by atomic mass is 9.43. The Morgan fingerprint density at radius 1 is 0.365 bits per heavy atom. The standard InChI is InChI=1S/C52H40/c1-2-12-34(13-3-1)36-15-10-16-37(31-36)48-41-18-6-8-20-43(41)49(44-21-9-7-19-42(44)48)45-22-11-23-47-50(45)46-25-24-35-14-4-5-17-40(35)51(46)52(47)38-27-32-26-33(29-38)30-39(52)28-32/h1-25,31-33,38-39H,26-30H2. The van der Waals surface area contributed by atoms with E-state index in [1.54, 1.807) is 11.1 Å². The highest BCUT2D eigenvalue weighted by Crippen LogP contribution is 2.71. The van der Waals surface area contributed by atoms with Gasteiger partial charge in [-0.1, -0.05) is 152 Å². The minimum atomic E-state index is 0.0956. The van der Waals surface area contributed by atoms with Gasteiger partial charge in [-0.2, -0.15) is 0 Å². The Morgan fingerprint density at radius 3 is 1.62 bits per heavy atom. The van der Waals surface area contributed by atoms with Gasteiger partial charge >= 0.3 is 0 Å². The van der Waals surface area contributed by atoms with Crippen LogP contribution in [0.3, 0.4) is 0 Å². The van der Waals surface area contributed by atoms with Gasteiger partial charge in [0.05, 0.1) is 0 Å². The number of hydrogen-bond donors (Lipinski definition) is 0. The normalized spacial score (nSPS) is 23.8. The molecule has 1 spiro atoms. The third-order valence-corrected chi connectivity index (χ3v) is 14.0. The van der Waals surface area contributed by atoms with Crippen LogP contribution in [0.1, 0.15) is 43.2 Å². The highest BCUT2D eigenvalue weighted by Gasteiger charge is 2.62. The van der Waals surface area contributed by atoms with Crippen molar-refractivity contribution in [3.8, 4) is 44.5 Å². The summed E-state index contributed by atoms with van der Waals surface area (Å²) in [5.41, 5.74) is 14.2. The van der Waals surface area contributed by atoms with Crippen LogP contribution in [-0.2, 0) is 5.41 Å². The van der Waals surface area contributed by atoms with E-state index in [2.05, 4.69) is 158 Å². The van der Waals surface area contributed by atoms with Gasteiger partial charge in [0.2, 0.25) is 0 Å². The van der Waals surface area contributed by atoms with Crippen molar-refractivity contribution >= 4 is 32.3 Å². The van der Waals surface area contributed by atoms with E-state index in [4.69, 9.17) is 0 Å². The summed E-state index contributed by atoms with van der Waals surface area (Å²) in [6.07, 6.45) is 7.03. The number of benzene rings is 8. The molecular formula is C52H40. The molecule has 4 bridgehead atoms. The largest absolute Gasteiger partial charge is 0.0622 e. The first-order valence-electron chi connectivity index (χ1n) is 19.5. The molecule has 52 heavy (non-hydrogen) atoms. The molecule has 13 rings (SSSR count). The lowest BCUT2D eigenvalue weighted by Crippen LogP contribution is -2.55. The van der Waals surface area contributed by atoms with Gasteiger partial charge in [-0.25, -0.2) is 0 Å². The second kappa shape index (κ2) is 10.8. The quantitative estimate of drug-likeness (QED) is 0.165. The maximum Gasteiger partial charge on any atom is 0.0278 e. The van der Waals surface area contributed by atoms with E-state index in [0.29, 0.717) is 0 Å². The predicted molar refractivity (Wildman–Crippen MR) is 219 cm³/mol. The topological polar surface area (TPSA) is 0 Å². The van der Waals surface area contributed by atoms with Crippen molar-refractivity contribution in [2.24, 2.45) is 23.7 Å². The van der Waals surface area contributed by atoms with E-state index in [0.717, 1.165) is 23.7 Å². The first kappa shape index (κ1) is 29.2. The Morgan fingerprint density at radius 2 is 0.923 bits per heavy atom. The summed E-state index contributed by atoms with van der Waals surface area (Å²) < 4.78 is 0. The van der Waals surface area contributed by atoms with Crippen molar-refractivity contribution in [1.29, 1.82) is 0 Å². The zero-order chi connectivity index (χ0) is 34.0. The molecule has 0 N–H and O–H groups in total. The van der Waals surface area contributed by atoms with Crippen LogP contribution in [0.5, 0.6) is 0 Å². The average Bonchev–Trinajstić information content (AvgIpc) is 3.51. The maximum atomic E-state index is 2.56. The molecule has 5 aliphatic carbocycles. The fraction of sp³-hybridized carbons (Fsp3) is 0.192. The fourth-order valence-electron chi connectivity index (χ4n) is 12.4. The summed E-state index contributed by atoms with van der Waals surface area (Å²) in [5.74, 6) is 3.27. The molecule has 8 aromatic rings. The monoisotopic (exact) mass is 664 g/mol. The van der Waals surface area contributed by atoms with Crippen LogP contribution in [0.2, 0.25) is 0 Å². The van der Waals surface area contributed by atoms with E-state index < -0.39 is 0 Å². The van der Waals surface area contributed by atoms with E-state index in [-0.39, 0.29) is 5.41 Å². The molecule has 4 fully saturated rings. The second-order valence-electron chi connectivity index (χ2n) is 16.4. The van der Waals surface area contributed by atoms with Gasteiger partial charge in [0, 0.05) is 5.41 Å². The van der Waals surface area contributed by atoms with Crippen molar-refractivity contribution in [2.75, 3.05) is 0 Å². The number of hydrogen-bond acceptors (Lipinski definition) is 0. The first-order chi connectivity index (χ1) is 25.8. The number of fused-ring (bicyclic) bond motifs is 7. The van der Waals surface area contributed by atoms with E-state index in [9.17, 15) is 0 Å². The predicted octanol–water partition coefficient (Wildman–Crippen LogP) is 13.9. The van der Waals surface area contributed by atoms with Crippen LogP contribution in [0, 0.1) is 23.7 Å².